The number of hydrogen-bond donors (Lipinski definition) is 3. The number of aromatic nitrogens is 2. The largest absolute Gasteiger partial charge is 0.494 e. The number of aromatic hydroxyl groups is 1. The van der Waals surface area contributed by atoms with Crippen LogP contribution in [-0.2, 0) is 14.3 Å². The average molecular weight is 583 g/mol. The van der Waals surface area contributed by atoms with Crippen molar-refractivity contribution >= 4 is 29.6 Å². The van der Waals surface area contributed by atoms with Gasteiger partial charge in [-0.3, -0.25) is 24.7 Å². The second-order valence-electron chi connectivity index (χ2n) is 10.2. The van der Waals surface area contributed by atoms with Crippen molar-refractivity contribution in [3.8, 4) is 11.6 Å². The molecule has 2 aromatic carbocycles. The van der Waals surface area contributed by atoms with Crippen molar-refractivity contribution in [2.45, 2.75) is 31.8 Å². The number of barbiturate groups is 1. The Balaban J connectivity index is 1.54. The third-order valence-electron chi connectivity index (χ3n) is 7.62. The highest BCUT2D eigenvalue weighted by Gasteiger charge is 2.36. The average Bonchev–Trinajstić information content (AvgIpc) is 3.00. The standard InChI is InChI=1S/C32H30N4O7/c1-43-24-16-12-20(13-17-24)21(14-18-25-27(37)33-31(41)35(29(25)39)22-8-4-2-5-9-22)15-19-26-28(38)34-32(42)36(30(26)40)23-10-6-3-7-11-23/h2-11,14-15,18-20,24,39H,12-13,16-17H2,1H3,(H,33,37,41)(H,34,38,42)/b18-14+,21-15-,26-19+. The molecule has 11 nitrogen and oxygen atoms in total. The normalized spacial score (nSPS) is 20.6. The molecule has 2 aliphatic rings. The zero-order chi connectivity index (χ0) is 30.5. The quantitative estimate of drug-likeness (QED) is 0.219. The van der Waals surface area contributed by atoms with Crippen molar-refractivity contribution in [1.82, 2.24) is 14.9 Å². The number of benzene rings is 2. The van der Waals surface area contributed by atoms with Gasteiger partial charge < -0.3 is 9.84 Å². The molecule has 1 aliphatic heterocycles. The minimum Gasteiger partial charge on any atom is -0.494 e. The smallest absolute Gasteiger partial charge is 0.335 e. The van der Waals surface area contributed by atoms with Gasteiger partial charge in [0.1, 0.15) is 11.1 Å². The number of nitrogens with zero attached hydrogens (tertiary/aromatic N) is 2. The summed E-state index contributed by atoms with van der Waals surface area (Å²) in [7, 11) is 1.66. The third-order valence-corrected chi connectivity index (χ3v) is 7.62. The molecule has 43 heavy (non-hydrogen) atoms. The Morgan fingerprint density at radius 1 is 0.907 bits per heavy atom. The van der Waals surface area contributed by atoms with Gasteiger partial charge >= 0.3 is 11.7 Å². The number of urea groups is 1. The summed E-state index contributed by atoms with van der Waals surface area (Å²) in [4.78, 5) is 66.9. The monoisotopic (exact) mass is 582 g/mol. The molecule has 5 rings (SSSR count). The molecule has 3 aromatic rings. The van der Waals surface area contributed by atoms with E-state index < -0.39 is 35.0 Å². The first-order valence-corrected chi connectivity index (χ1v) is 13.8. The molecule has 3 N–H and O–H groups in total. The van der Waals surface area contributed by atoms with E-state index in [0.29, 0.717) is 16.9 Å². The number of aromatic amines is 1. The summed E-state index contributed by atoms with van der Waals surface area (Å²) in [6, 6.07) is 15.8. The van der Waals surface area contributed by atoms with Gasteiger partial charge in [0.15, 0.2) is 0 Å². The Morgan fingerprint density at radius 2 is 1.53 bits per heavy atom. The van der Waals surface area contributed by atoms with Crippen LogP contribution in [0.5, 0.6) is 5.88 Å². The molecular weight excluding hydrogens is 552 g/mol. The number of anilines is 1. The number of carbonyl (C=O) groups excluding carboxylic acids is 3. The summed E-state index contributed by atoms with van der Waals surface area (Å²) in [5.41, 5.74) is -0.573. The molecule has 1 saturated heterocycles. The van der Waals surface area contributed by atoms with E-state index in [1.54, 1.807) is 79.9 Å². The lowest BCUT2D eigenvalue weighted by molar-refractivity contribution is -0.122. The number of ether oxygens (including phenoxy) is 1. The van der Waals surface area contributed by atoms with Gasteiger partial charge in [0.25, 0.3) is 17.4 Å². The maximum atomic E-state index is 13.3. The Kier molecular flexibility index (Phi) is 8.63. The minimum atomic E-state index is -0.844. The van der Waals surface area contributed by atoms with E-state index in [0.717, 1.165) is 35.2 Å². The van der Waals surface area contributed by atoms with Gasteiger partial charge in [-0.2, -0.15) is 0 Å². The minimum absolute atomic E-state index is 0.0191. The summed E-state index contributed by atoms with van der Waals surface area (Å²) < 4.78 is 6.49. The van der Waals surface area contributed by atoms with E-state index in [1.165, 1.54) is 12.2 Å². The molecule has 11 heteroatoms. The number of allylic oxidation sites excluding steroid dienone is 4. The molecule has 0 bridgehead atoms. The lowest BCUT2D eigenvalue weighted by Crippen LogP contribution is -2.54. The number of hydrogen-bond acceptors (Lipinski definition) is 7. The molecule has 2 fully saturated rings. The molecule has 1 aromatic heterocycles. The number of methoxy groups -OCH3 is 1. The van der Waals surface area contributed by atoms with Gasteiger partial charge in [-0.05, 0) is 73.6 Å². The Hall–Kier alpha value is -5.29. The van der Waals surface area contributed by atoms with Crippen molar-refractivity contribution in [2.75, 3.05) is 12.0 Å². The molecule has 2 heterocycles. The van der Waals surface area contributed by atoms with Gasteiger partial charge in [-0.1, -0.05) is 48.6 Å². The van der Waals surface area contributed by atoms with Crippen LogP contribution in [0.15, 0.2) is 99.6 Å². The topological polar surface area (TPSA) is 151 Å². The van der Waals surface area contributed by atoms with Crippen molar-refractivity contribution in [3.63, 3.8) is 0 Å². The predicted molar refractivity (Wildman–Crippen MR) is 160 cm³/mol. The first-order valence-electron chi connectivity index (χ1n) is 13.8. The Morgan fingerprint density at radius 3 is 2.16 bits per heavy atom. The zero-order valence-electron chi connectivity index (χ0n) is 23.4. The first kappa shape index (κ1) is 29.2. The number of carbonyl (C=O) groups is 3. The number of nitrogens with one attached hydrogen (secondary N) is 2. The lowest BCUT2D eigenvalue weighted by atomic mass is 9.81. The molecule has 220 valence electrons. The Labute approximate surface area is 246 Å². The van der Waals surface area contributed by atoms with E-state index in [-0.39, 0.29) is 23.2 Å². The zero-order valence-corrected chi connectivity index (χ0v) is 23.4. The van der Waals surface area contributed by atoms with Crippen LogP contribution in [0.1, 0.15) is 31.2 Å². The first-order chi connectivity index (χ1) is 20.8. The SMILES string of the molecule is COC1CCC(C(/C=C/c2c(O)n(-c3ccccc3)c(=O)[nH]c2=O)=C\C=C2/C(=O)NC(=O)N(c3ccccc3)C2=O)CC1. The molecule has 0 radical (unpaired) electrons. The van der Waals surface area contributed by atoms with Crippen LogP contribution < -0.4 is 21.5 Å². The van der Waals surface area contributed by atoms with Crippen molar-refractivity contribution in [3.05, 3.63) is 116 Å². The van der Waals surface area contributed by atoms with Gasteiger partial charge in [-0.25, -0.2) is 19.1 Å². The summed E-state index contributed by atoms with van der Waals surface area (Å²) in [5, 5.41) is 13.2. The maximum Gasteiger partial charge on any atom is 0.335 e. The molecular formula is C32H30N4O7. The van der Waals surface area contributed by atoms with Gasteiger partial charge in [0.2, 0.25) is 5.88 Å². The summed E-state index contributed by atoms with van der Waals surface area (Å²) in [5.74, 6) is -2.15. The molecule has 0 atom stereocenters. The highest BCUT2D eigenvalue weighted by molar-refractivity contribution is 6.37. The summed E-state index contributed by atoms with van der Waals surface area (Å²) in [6.45, 7) is 0. The maximum absolute atomic E-state index is 13.3. The van der Waals surface area contributed by atoms with Crippen molar-refractivity contribution in [2.24, 2.45) is 5.92 Å². The highest BCUT2D eigenvalue weighted by Crippen LogP contribution is 2.33. The molecule has 1 aliphatic carbocycles. The van der Waals surface area contributed by atoms with E-state index in [9.17, 15) is 29.1 Å². The van der Waals surface area contributed by atoms with E-state index in [1.807, 2.05) is 0 Å². The van der Waals surface area contributed by atoms with Gasteiger partial charge in [-0.15, -0.1) is 0 Å². The molecule has 1 saturated carbocycles. The molecule has 0 unspecified atom stereocenters. The van der Waals surface area contributed by atoms with Crippen LogP contribution in [0, 0.1) is 5.92 Å². The van der Waals surface area contributed by atoms with Gasteiger partial charge in [0, 0.05) is 7.11 Å². The molecule has 4 amide bonds. The van der Waals surface area contributed by atoms with Crippen LogP contribution >= 0.6 is 0 Å². The van der Waals surface area contributed by atoms with Crippen LogP contribution in [0.4, 0.5) is 10.5 Å². The third kappa shape index (κ3) is 6.16. The van der Waals surface area contributed by atoms with Crippen molar-refractivity contribution in [1.29, 1.82) is 0 Å². The number of H-pyrrole nitrogens is 1. The van der Waals surface area contributed by atoms with E-state index in [2.05, 4.69) is 10.3 Å². The second-order valence-corrected chi connectivity index (χ2v) is 10.2. The summed E-state index contributed by atoms with van der Waals surface area (Å²) >= 11 is 0. The number of imide groups is 2. The number of rotatable bonds is 7. The predicted octanol–water partition coefficient (Wildman–Crippen LogP) is 3.59. The second kappa shape index (κ2) is 12.7. The lowest BCUT2D eigenvalue weighted by Gasteiger charge is -2.28. The number of para-hydroxylation sites is 2. The fourth-order valence-corrected chi connectivity index (χ4v) is 5.31. The fraction of sp³-hybridized carbons (Fsp3) is 0.219. The van der Waals surface area contributed by atoms with E-state index >= 15 is 0 Å². The van der Waals surface area contributed by atoms with Crippen LogP contribution in [-0.4, -0.2) is 45.7 Å². The van der Waals surface area contributed by atoms with E-state index in [4.69, 9.17) is 4.74 Å². The van der Waals surface area contributed by atoms with Gasteiger partial charge in [0.05, 0.1) is 17.5 Å². The number of amides is 4. The van der Waals surface area contributed by atoms with Crippen LogP contribution in [0.3, 0.4) is 0 Å². The van der Waals surface area contributed by atoms with Crippen LogP contribution in [0.25, 0.3) is 11.8 Å². The Bertz CT molecular complexity index is 1750. The molecule has 0 spiro atoms. The summed E-state index contributed by atoms with van der Waals surface area (Å²) in [6.07, 6.45) is 9.14. The fourth-order valence-electron chi connectivity index (χ4n) is 5.31. The highest BCUT2D eigenvalue weighted by atomic mass is 16.5. The van der Waals surface area contributed by atoms with Crippen LogP contribution in [0.2, 0.25) is 0 Å². The van der Waals surface area contributed by atoms with Crippen molar-refractivity contribution < 1.29 is 24.2 Å².